The molecule has 1 aromatic heterocycles. The van der Waals surface area contributed by atoms with Gasteiger partial charge >= 0.3 is 0 Å². The predicted octanol–water partition coefficient (Wildman–Crippen LogP) is 2.80. The SMILES string of the molecule is Cc1cc(C(=O)Nc2cccc([N+](=O)[O-])c2)c(C)n1C. The van der Waals surface area contributed by atoms with Crippen molar-refractivity contribution in [1.82, 2.24) is 4.57 Å². The van der Waals surface area contributed by atoms with E-state index in [0.717, 1.165) is 11.4 Å². The van der Waals surface area contributed by atoms with Gasteiger partial charge in [-0.05, 0) is 26.0 Å². The van der Waals surface area contributed by atoms with Crippen LogP contribution < -0.4 is 5.32 Å². The fourth-order valence-electron chi connectivity index (χ4n) is 1.98. The second-order valence-corrected chi connectivity index (χ2v) is 4.61. The van der Waals surface area contributed by atoms with Crippen LogP contribution in [0.4, 0.5) is 11.4 Å². The van der Waals surface area contributed by atoms with Gasteiger partial charge in [0.25, 0.3) is 11.6 Å². The molecule has 0 spiro atoms. The molecule has 0 atom stereocenters. The van der Waals surface area contributed by atoms with Gasteiger partial charge in [0.05, 0.1) is 10.5 Å². The van der Waals surface area contributed by atoms with Crippen LogP contribution in [0.5, 0.6) is 0 Å². The molecule has 0 fully saturated rings. The first kappa shape index (κ1) is 13.8. The Morgan fingerprint density at radius 1 is 1.30 bits per heavy atom. The Labute approximate surface area is 116 Å². The van der Waals surface area contributed by atoms with Crippen LogP contribution in [0.15, 0.2) is 30.3 Å². The number of carbonyl (C=O) groups excluding carboxylic acids is 1. The first-order chi connectivity index (χ1) is 9.40. The Hall–Kier alpha value is -2.63. The van der Waals surface area contributed by atoms with Crippen LogP contribution in [0.25, 0.3) is 0 Å². The highest BCUT2D eigenvalue weighted by Gasteiger charge is 2.15. The highest BCUT2D eigenvalue weighted by molar-refractivity contribution is 6.05. The second-order valence-electron chi connectivity index (χ2n) is 4.61. The van der Waals surface area contributed by atoms with Crippen LogP contribution in [0.2, 0.25) is 0 Å². The third-order valence-electron chi connectivity index (χ3n) is 3.33. The van der Waals surface area contributed by atoms with Gasteiger partial charge in [-0.25, -0.2) is 0 Å². The van der Waals surface area contributed by atoms with E-state index < -0.39 is 4.92 Å². The Morgan fingerprint density at radius 2 is 2.00 bits per heavy atom. The number of nitrogens with one attached hydrogen (secondary N) is 1. The fraction of sp³-hybridized carbons (Fsp3) is 0.214. The van der Waals surface area contributed by atoms with Crippen LogP contribution in [-0.4, -0.2) is 15.4 Å². The van der Waals surface area contributed by atoms with Crippen LogP contribution in [0.1, 0.15) is 21.7 Å². The van der Waals surface area contributed by atoms with Crippen molar-refractivity contribution in [2.75, 3.05) is 5.32 Å². The molecule has 1 N–H and O–H groups in total. The smallest absolute Gasteiger partial charge is 0.271 e. The molecule has 0 aliphatic carbocycles. The summed E-state index contributed by atoms with van der Waals surface area (Å²) in [4.78, 5) is 22.4. The summed E-state index contributed by atoms with van der Waals surface area (Å²) in [6.45, 7) is 3.77. The minimum absolute atomic E-state index is 0.0521. The summed E-state index contributed by atoms with van der Waals surface area (Å²) in [6, 6.07) is 7.67. The van der Waals surface area contributed by atoms with Crippen molar-refractivity contribution in [3.63, 3.8) is 0 Å². The average Bonchev–Trinajstić information content (AvgIpc) is 2.67. The molecule has 0 saturated heterocycles. The topological polar surface area (TPSA) is 77.2 Å². The second kappa shape index (κ2) is 5.16. The van der Waals surface area contributed by atoms with E-state index in [-0.39, 0.29) is 11.6 Å². The van der Waals surface area contributed by atoms with Gasteiger partial charge < -0.3 is 9.88 Å². The van der Waals surface area contributed by atoms with Crippen LogP contribution >= 0.6 is 0 Å². The number of carbonyl (C=O) groups is 1. The molecule has 6 heteroatoms. The molecule has 1 heterocycles. The van der Waals surface area contributed by atoms with E-state index in [0.29, 0.717) is 11.3 Å². The van der Waals surface area contributed by atoms with Gasteiger partial charge in [-0.1, -0.05) is 6.07 Å². The van der Waals surface area contributed by atoms with Crippen LogP contribution in [0, 0.1) is 24.0 Å². The lowest BCUT2D eigenvalue weighted by Gasteiger charge is -2.05. The predicted molar refractivity (Wildman–Crippen MR) is 75.9 cm³/mol. The van der Waals surface area contributed by atoms with E-state index in [4.69, 9.17) is 0 Å². The molecule has 0 bridgehead atoms. The molecular weight excluding hydrogens is 258 g/mol. The number of nitrogens with zero attached hydrogens (tertiary/aromatic N) is 2. The molecule has 1 amide bonds. The van der Waals surface area contributed by atoms with E-state index in [2.05, 4.69) is 5.32 Å². The number of nitro groups is 1. The number of hydrogen-bond acceptors (Lipinski definition) is 3. The number of aromatic nitrogens is 1. The van der Waals surface area contributed by atoms with Gasteiger partial charge in [0, 0.05) is 36.3 Å². The summed E-state index contributed by atoms with van der Waals surface area (Å²) in [5.74, 6) is -0.272. The van der Waals surface area contributed by atoms with E-state index >= 15 is 0 Å². The molecule has 6 nitrogen and oxygen atoms in total. The first-order valence-corrected chi connectivity index (χ1v) is 6.09. The van der Waals surface area contributed by atoms with Gasteiger partial charge in [0.1, 0.15) is 0 Å². The number of hydrogen-bond donors (Lipinski definition) is 1. The molecule has 0 unspecified atom stereocenters. The summed E-state index contributed by atoms with van der Waals surface area (Å²) in [5.41, 5.74) is 2.75. The number of nitro benzene ring substituents is 1. The first-order valence-electron chi connectivity index (χ1n) is 6.09. The Morgan fingerprint density at radius 3 is 2.55 bits per heavy atom. The summed E-state index contributed by atoms with van der Waals surface area (Å²) < 4.78 is 1.92. The molecule has 0 aliphatic heterocycles. The van der Waals surface area contributed by atoms with Crippen molar-refractivity contribution >= 4 is 17.3 Å². The van der Waals surface area contributed by atoms with Gasteiger partial charge in [-0.2, -0.15) is 0 Å². The van der Waals surface area contributed by atoms with Gasteiger partial charge in [-0.15, -0.1) is 0 Å². The summed E-state index contributed by atoms with van der Waals surface area (Å²) in [6.07, 6.45) is 0. The summed E-state index contributed by atoms with van der Waals surface area (Å²) >= 11 is 0. The monoisotopic (exact) mass is 273 g/mol. The zero-order valence-corrected chi connectivity index (χ0v) is 11.5. The average molecular weight is 273 g/mol. The van der Waals surface area contributed by atoms with E-state index in [1.807, 2.05) is 25.5 Å². The van der Waals surface area contributed by atoms with Crippen molar-refractivity contribution < 1.29 is 9.72 Å². The van der Waals surface area contributed by atoms with Crippen LogP contribution in [-0.2, 0) is 7.05 Å². The largest absolute Gasteiger partial charge is 0.351 e. The molecule has 2 aromatic rings. The van der Waals surface area contributed by atoms with Crippen LogP contribution in [0.3, 0.4) is 0 Å². The third kappa shape index (κ3) is 2.54. The summed E-state index contributed by atoms with van der Waals surface area (Å²) in [7, 11) is 1.88. The van der Waals surface area contributed by atoms with Gasteiger partial charge in [-0.3, -0.25) is 14.9 Å². The standard InChI is InChI=1S/C14H15N3O3/c1-9-7-13(10(2)16(9)3)14(18)15-11-5-4-6-12(8-11)17(19)20/h4-8H,1-3H3,(H,15,18). The van der Waals surface area contributed by atoms with E-state index in [9.17, 15) is 14.9 Å². The minimum atomic E-state index is -0.492. The van der Waals surface area contributed by atoms with E-state index in [1.165, 1.54) is 18.2 Å². The van der Waals surface area contributed by atoms with E-state index in [1.54, 1.807) is 12.1 Å². The zero-order valence-electron chi connectivity index (χ0n) is 11.5. The van der Waals surface area contributed by atoms with Crippen molar-refractivity contribution in [1.29, 1.82) is 0 Å². The molecule has 0 saturated carbocycles. The number of non-ortho nitro benzene ring substituents is 1. The number of rotatable bonds is 3. The number of aryl methyl sites for hydroxylation is 1. The maximum atomic E-state index is 12.2. The Balaban J connectivity index is 2.25. The van der Waals surface area contributed by atoms with Crippen molar-refractivity contribution in [2.45, 2.75) is 13.8 Å². The maximum absolute atomic E-state index is 12.2. The molecule has 104 valence electrons. The number of anilines is 1. The summed E-state index contributed by atoms with van der Waals surface area (Å²) in [5, 5.41) is 13.4. The van der Waals surface area contributed by atoms with Crippen molar-refractivity contribution in [3.8, 4) is 0 Å². The zero-order chi connectivity index (χ0) is 14.9. The molecule has 2 rings (SSSR count). The lowest BCUT2D eigenvalue weighted by molar-refractivity contribution is -0.384. The van der Waals surface area contributed by atoms with Crippen molar-refractivity contribution in [3.05, 3.63) is 57.4 Å². The maximum Gasteiger partial charge on any atom is 0.271 e. The van der Waals surface area contributed by atoms with Crippen molar-refractivity contribution in [2.24, 2.45) is 7.05 Å². The Kier molecular flexibility index (Phi) is 3.56. The highest BCUT2D eigenvalue weighted by atomic mass is 16.6. The fourth-order valence-corrected chi connectivity index (χ4v) is 1.98. The molecule has 1 aromatic carbocycles. The molecule has 0 aliphatic rings. The van der Waals surface area contributed by atoms with Gasteiger partial charge in [0.15, 0.2) is 0 Å². The molecule has 20 heavy (non-hydrogen) atoms. The minimum Gasteiger partial charge on any atom is -0.351 e. The Bertz CT molecular complexity index is 689. The molecule has 0 radical (unpaired) electrons. The molecular formula is C14H15N3O3. The quantitative estimate of drug-likeness (QED) is 0.690. The third-order valence-corrected chi connectivity index (χ3v) is 3.33. The normalized spacial score (nSPS) is 10.3. The number of benzene rings is 1. The number of amides is 1. The lowest BCUT2D eigenvalue weighted by atomic mass is 10.2. The lowest BCUT2D eigenvalue weighted by Crippen LogP contribution is -2.13. The van der Waals surface area contributed by atoms with Gasteiger partial charge in [0.2, 0.25) is 0 Å². The highest BCUT2D eigenvalue weighted by Crippen LogP contribution is 2.19.